The SMILES string of the molecule is CC(NC(=O)COc1ccc(-n2ccc3c2c(=O)n(C)c(=O)n3C)cc1)c1ccccc1. The molecule has 8 heteroatoms. The fraction of sp³-hybridized carbons (Fsp3) is 0.208. The van der Waals surface area contributed by atoms with Gasteiger partial charge in [0.25, 0.3) is 11.5 Å². The van der Waals surface area contributed by atoms with Crippen molar-refractivity contribution in [3.63, 3.8) is 0 Å². The minimum absolute atomic E-state index is 0.106. The van der Waals surface area contributed by atoms with Crippen molar-refractivity contribution in [1.82, 2.24) is 19.0 Å². The smallest absolute Gasteiger partial charge is 0.331 e. The molecule has 164 valence electrons. The molecule has 2 aromatic carbocycles. The summed E-state index contributed by atoms with van der Waals surface area (Å²) in [6.45, 7) is 1.81. The Bertz CT molecular complexity index is 1380. The Morgan fingerprint density at radius 2 is 1.66 bits per heavy atom. The van der Waals surface area contributed by atoms with Crippen LogP contribution >= 0.6 is 0 Å². The number of hydrogen-bond acceptors (Lipinski definition) is 4. The zero-order chi connectivity index (χ0) is 22.8. The largest absolute Gasteiger partial charge is 0.484 e. The standard InChI is InChI=1S/C24H24N4O4/c1-16(17-7-5-4-6-8-17)25-21(29)15-32-19-11-9-18(10-12-19)28-14-13-20-22(28)23(30)27(3)24(31)26(20)2/h4-14,16H,15H2,1-3H3,(H,25,29). The summed E-state index contributed by atoms with van der Waals surface area (Å²) in [6, 6.07) is 18.4. The van der Waals surface area contributed by atoms with Gasteiger partial charge in [-0.05, 0) is 42.8 Å². The molecule has 1 N–H and O–H groups in total. The number of aromatic nitrogens is 3. The number of nitrogens with zero attached hydrogens (tertiary/aromatic N) is 3. The van der Waals surface area contributed by atoms with Crippen molar-refractivity contribution in [1.29, 1.82) is 0 Å². The van der Waals surface area contributed by atoms with E-state index in [1.165, 1.54) is 11.6 Å². The summed E-state index contributed by atoms with van der Waals surface area (Å²) in [7, 11) is 3.09. The second-order valence-corrected chi connectivity index (χ2v) is 7.61. The number of nitrogens with one attached hydrogen (secondary N) is 1. The fourth-order valence-corrected chi connectivity index (χ4v) is 3.65. The highest BCUT2D eigenvalue weighted by Crippen LogP contribution is 2.20. The monoisotopic (exact) mass is 432 g/mol. The zero-order valence-corrected chi connectivity index (χ0v) is 18.1. The number of carbonyl (C=O) groups excluding carboxylic acids is 1. The highest BCUT2D eigenvalue weighted by atomic mass is 16.5. The van der Waals surface area contributed by atoms with Crippen molar-refractivity contribution < 1.29 is 9.53 Å². The van der Waals surface area contributed by atoms with E-state index in [0.29, 0.717) is 16.8 Å². The second kappa shape index (κ2) is 8.58. The third kappa shape index (κ3) is 3.94. The number of carbonyl (C=O) groups is 1. The van der Waals surface area contributed by atoms with Crippen LogP contribution in [0, 0.1) is 0 Å². The Kier molecular flexibility index (Phi) is 5.68. The number of ether oxygens (including phenoxy) is 1. The quantitative estimate of drug-likeness (QED) is 0.506. The molecule has 2 aromatic heterocycles. The lowest BCUT2D eigenvalue weighted by Crippen LogP contribution is -2.37. The average Bonchev–Trinajstić information content (AvgIpc) is 3.26. The topological polar surface area (TPSA) is 87.3 Å². The summed E-state index contributed by atoms with van der Waals surface area (Å²) >= 11 is 0. The van der Waals surface area contributed by atoms with E-state index in [1.807, 2.05) is 37.3 Å². The maximum atomic E-state index is 12.7. The maximum absolute atomic E-state index is 12.7. The minimum Gasteiger partial charge on any atom is -0.484 e. The first-order chi connectivity index (χ1) is 15.4. The van der Waals surface area contributed by atoms with E-state index in [2.05, 4.69) is 5.32 Å². The first kappa shape index (κ1) is 21.2. The van der Waals surface area contributed by atoms with Crippen LogP contribution in [0.1, 0.15) is 18.5 Å². The van der Waals surface area contributed by atoms with Crippen molar-refractivity contribution >= 4 is 16.9 Å². The molecule has 0 aliphatic carbocycles. The molecule has 32 heavy (non-hydrogen) atoms. The van der Waals surface area contributed by atoms with E-state index in [4.69, 9.17) is 4.74 Å². The Morgan fingerprint density at radius 1 is 0.969 bits per heavy atom. The highest BCUT2D eigenvalue weighted by molar-refractivity contribution is 5.78. The van der Waals surface area contributed by atoms with Crippen LogP contribution in [0.25, 0.3) is 16.7 Å². The average molecular weight is 432 g/mol. The third-order valence-electron chi connectivity index (χ3n) is 5.47. The lowest BCUT2D eigenvalue weighted by molar-refractivity contribution is -0.123. The van der Waals surface area contributed by atoms with Crippen molar-refractivity contribution in [2.45, 2.75) is 13.0 Å². The van der Waals surface area contributed by atoms with Gasteiger partial charge in [-0.1, -0.05) is 30.3 Å². The van der Waals surface area contributed by atoms with Gasteiger partial charge in [0.1, 0.15) is 11.3 Å². The van der Waals surface area contributed by atoms with Gasteiger partial charge in [0, 0.05) is 26.0 Å². The Morgan fingerprint density at radius 3 is 2.34 bits per heavy atom. The Hall–Kier alpha value is -4.07. The molecule has 4 aromatic rings. The van der Waals surface area contributed by atoms with E-state index < -0.39 is 0 Å². The summed E-state index contributed by atoms with van der Waals surface area (Å²) in [5.74, 6) is 0.319. The van der Waals surface area contributed by atoms with Gasteiger partial charge in [-0.15, -0.1) is 0 Å². The summed E-state index contributed by atoms with van der Waals surface area (Å²) < 4.78 is 9.87. The molecule has 0 radical (unpaired) electrons. The van der Waals surface area contributed by atoms with Crippen LogP contribution in [0.15, 0.2) is 76.4 Å². The molecule has 0 saturated carbocycles. The van der Waals surface area contributed by atoms with Crippen LogP contribution < -0.4 is 21.3 Å². The fourth-order valence-electron chi connectivity index (χ4n) is 3.65. The van der Waals surface area contributed by atoms with Crippen molar-refractivity contribution in [2.75, 3.05) is 6.61 Å². The highest BCUT2D eigenvalue weighted by Gasteiger charge is 2.14. The predicted octanol–water partition coefficient (Wildman–Crippen LogP) is 2.28. The normalized spacial score (nSPS) is 12.0. The summed E-state index contributed by atoms with van der Waals surface area (Å²) in [4.78, 5) is 37.0. The molecular formula is C24H24N4O4. The number of hydrogen-bond donors (Lipinski definition) is 1. The molecule has 0 saturated heterocycles. The van der Waals surface area contributed by atoms with Crippen LogP contribution in [-0.4, -0.2) is 26.2 Å². The molecule has 1 unspecified atom stereocenters. The molecule has 1 atom stereocenters. The summed E-state index contributed by atoms with van der Waals surface area (Å²) in [5.41, 5.74) is 2.00. The number of amides is 1. The second-order valence-electron chi connectivity index (χ2n) is 7.61. The van der Waals surface area contributed by atoms with Crippen LogP contribution in [0.2, 0.25) is 0 Å². The van der Waals surface area contributed by atoms with E-state index in [1.54, 1.807) is 48.1 Å². The van der Waals surface area contributed by atoms with Gasteiger partial charge in [-0.25, -0.2) is 4.79 Å². The number of rotatable bonds is 6. The molecule has 2 heterocycles. The van der Waals surface area contributed by atoms with Crippen LogP contribution in [-0.2, 0) is 18.9 Å². The van der Waals surface area contributed by atoms with Gasteiger partial charge in [-0.2, -0.15) is 0 Å². The van der Waals surface area contributed by atoms with Gasteiger partial charge >= 0.3 is 5.69 Å². The van der Waals surface area contributed by atoms with Gasteiger partial charge in [-0.3, -0.25) is 18.7 Å². The van der Waals surface area contributed by atoms with Gasteiger partial charge < -0.3 is 14.6 Å². The molecule has 4 rings (SSSR count). The molecule has 0 spiro atoms. The summed E-state index contributed by atoms with van der Waals surface area (Å²) in [5, 5.41) is 2.91. The number of benzene rings is 2. The first-order valence-electron chi connectivity index (χ1n) is 10.2. The van der Waals surface area contributed by atoms with E-state index in [9.17, 15) is 14.4 Å². The predicted molar refractivity (Wildman–Crippen MR) is 122 cm³/mol. The molecule has 0 fully saturated rings. The van der Waals surface area contributed by atoms with Crippen molar-refractivity contribution in [3.05, 3.63) is 93.3 Å². The van der Waals surface area contributed by atoms with Gasteiger partial charge in [0.05, 0.1) is 11.6 Å². The Labute approximate surface area is 184 Å². The number of fused-ring (bicyclic) bond motifs is 1. The van der Waals surface area contributed by atoms with Crippen LogP contribution in [0.4, 0.5) is 0 Å². The zero-order valence-electron chi connectivity index (χ0n) is 18.1. The van der Waals surface area contributed by atoms with Crippen molar-refractivity contribution in [2.24, 2.45) is 14.1 Å². The van der Waals surface area contributed by atoms with E-state index >= 15 is 0 Å². The lowest BCUT2D eigenvalue weighted by atomic mass is 10.1. The van der Waals surface area contributed by atoms with Crippen LogP contribution in [0.3, 0.4) is 0 Å². The molecular weight excluding hydrogens is 408 g/mol. The van der Waals surface area contributed by atoms with Crippen LogP contribution in [0.5, 0.6) is 5.75 Å². The first-order valence-corrected chi connectivity index (χ1v) is 10.2. The van der Waals surface area contributed by atoms with E-state index in [-0.39, 0.29) is 29.8 Å². The lowest BCUT2D eigenvalue weighted by Gasteiger charge is -2.15. The molecule has 0 aliphatic rings. The van der Waals surface area contributed by atoms with Gasteiger partial charge in [0.2, 0.25) is 0 Å². The Balaban J connectivity index is 1.47. The molecule has 0 bridgehead atoms. The third-order valence-corrected chi connectivity index (χ3v) is 5.47. The molecule has 8 nitrogen and oxygen atoms in total. The number of aryl methyl sites for hydroxylation is 1. The maximum Gasteiger partial charge on any atom is 0.331 e. The van der Waals surface area contributed by atoms with E-state index in [0.717, 1.165) is 15.8 Å². The summed E-state index contributed by atoms with van der Waals surface area (Å²) in [6.07, 6.45) is 1.75. The minimum atomic E-state index is -0.371. The molecule has 0 aliphatic heterocycles. The van der Waals surface area contributed by atoms with Gasteiger partial charge in [0.15, 0.2) is 6.61 Å². The van der Waals surface area contributed by atoms with Crippen molar-refractivity contribution in [3.8, 4) is 11.4 Å². The molecule has 1 amide bonds.